The molecule has 0 bridgehead atoms. The summed E-state index contributed by atoms with van der Waals surface area (Å²) in [5.74, 6) is 0. The van der Waals surface area contributed by atoms with Crippen LogP contribution in [0, 0.1) is 0 Å². The first-order chi connectivity index (χ1) is 5.22. The van der Waals surface area contributed by atoms with Crippen molar-refractivity contribution in [2.45, 2.75) is 25.9 Å². The maximum Gasteiger partial charge on any atom is 0.0558 e. The fourth-order valence-electron chi connectivity index (χ4n) is 1.47. The van der Waals surface area contributed by atoms with Crippen molar-refractivity contribution in [2.75, 3.05) is 26.2 Å². The van der Waals surface area contributed by atoms with Crippen molar-refractivity contribution in [2.24, 2.45) is 0 Å². The van der Waals surface area contributed by atoms with Crippen molar-refractivity contribution in [3.63, 3.8) is 0 Å². The molecule has 0 unspecified atom stereocenters. The first kappa shape index (κ1) is 8.97. The number of hydrogen-bond donors (Lipinski definition) is 2. The van der Waals surface area contributed by atoms with Crippen LogP contribution in [0.15, 0.2) is 0 Å². The van der Waals surface area contributed by atoms with Gasteiger partial charge in [0, 0.05) is 31.7 Å². The zero-order chi connectivity index (χ0) is 8.27. The SMILES string of the molecule is CC(C)NC1CN(CCO)C1. The molecule has 0 spiro atoms. The van der Waals surface area contributed by atoms with Crippen LogP contribution in [0.5, 0.6) is 0 Å². The number of nitrogens with zero attached hydrogens (tertiary/aromatic N) is 1. The van der Waals surface area contributed by atoms with Gasteiger partial charge >= 0.3 is 0 Å². The van der Waals surface area contributed by atoms with E-state index in [1.807, 2.05) is 0 Å². The average Bonchev–Trinajstić information content (AvgIpc) is 1.82. The van der Waals surface area contributed by atoms with Gasteiger partial charge in [0.05, 0.1) is 6.61 Å². The Kier molecular flexibility index (Phi) is 3.30. The molecule has 0 aliphatic carbocycles. The molecule has 3 heteroatoms. The summed E-state index contributed by atoms with van der Waals surface area (Å²) in [5.41, 5.74) is 0. The molecule has 0 radical (unpaired) electrons. The molecule has 1 saturated heterocycles. The maximum absolute atomic E-state index is 8.61. The predicted octanol–water partition coefficient (Wildman–Crippen LogP) is -0.339. The van der Waals surface area contributed by atoms with Crippen molar-refractivity contribution >= 4 is 0 Å². The minimum absolute atomic E-state index is 0.286. The van der Waals surface area contributed by atoms with Crippen molar-refractivity contribution in [1.82, 2.24) is 10.2 Å². The monoisotopic (exact) mass is 158 g/mol. The third kappa shape index (κ3) is 2.77. The number of aliphatic hydroxyl groups excluding tert-OH is 1. The van der Waals surface area contributed by atoms with Crippen LogP contribution in [0.2, 0.25) is 0 Å². The Balaban J connectivity index is 2.00. The highest BCUT2D eigenvalue weighted by Gasteiger charge is 2.25. The number of β-amino-alcohol motifs (C(OH)–C–C–N with tert-alkyl or cyclic N) is 1. The van der Waals surface area contributed by atoms with Crippen LogP contribution in [0.25, 0.3) is 0 Å². The van der Waals surface area contributed by atoms with Gasteiger partial charge in [-0.1, -0.05) is 13.8 Å². The van der Waals surface area contributed by atoms with Gasteiger partial charge < -0.3 is 10.4 Å². The second-order valence-electron chi connectivity index (χ2n) is 3.50. The van der Waals surface area contributed by atoms with Crippen LogP contribution in [-0.2, 0) is 0 Å². The van der Waals surface area contributed by atoms with E-state index in [0.29, 0.717) is 12.1 Å². The summed E-state index contributed by atoms with van der Waals surface area (Å²) in [6.07, 6.45) is 0. The van der Waals surface area contributed by atoms with Gasteiger partial charge in [-0.3, -0.25) is 4.90 Å². The highest BCUT2D eigenvalue weighted by molar-refractivity contribution is 4.86. The fraction of sp³-hybridized carbons (Fsp3) is 1.00. The lowest BCUT2D eigenvalue weighted by atomic mass is 10.1. The van der Waals surface area contributed by atoms with Crippen molar-refractivity contribution in [3.8, 4) is 0 Å². The van der Waals surface area contributed by atoms with Gasteiger partial charge in [0.1, 0.15) is 0 Å². The summed E-state index contributed by atoms with van der Waals surface area (Å²) >= 11 is 0. The Morgan fingerprint density at radius 3 is 2.64 bits per heavy atom. The van der Waals surface area contributed by atoms with E-state index in [1.54, 1.807) is 0 Å². The number of aliphatic hydroxyl groups is 1. The molecule has 0 aromatic heterocycles. The zero-order valence-electron chi connectivity index (χ0n) is 7.38. The number of nitrogens with one attached hydrogen (secondary N) is 1. The highest BCUT2D eigenvalue weighted by atomic mass is 16.3. The van der Waals surface area contributed by atoms with Crippen LogP contribution < -0.4 is 5.32 Å². The summed E-state index contributed by atoms with van der Waals surface area (Å²) in [6, 6.07) is 1.23. The zero-order valence-corrected chi connectivity index (χ0v) is 7.38. The second-order valence-corrected chi connectivity index (χ2v) is 3.50. The topological polar surface area (TPSA) is 35.5 Å². The molecule has 1 aliphatic heterocycles. The van der Waals surface area contributed by atoms with Crippen molar-refractivity contribution in [3.05, 3.63) is 0 Å². The lowest BCUT2D eigenvalue weighted by Crippen LogP contribution is -2.59. The van der Waals surface area contributed by atoms with Gasteiger partial charge in [0.15, 0.2) is 0 Å². The fourth-order valence-corrected chi connectivity index (χ4v) is 1.47. The number of rotatable bonds is 4. The molecule has 1 rings (SSSR count). The van der Waals surface area contributed by atoms with Crippen LogP contribution in [0.4, 0.5) is 0 Å². The van der Waals surface area contributed by atoms with E-state index in [0.717, 1.165) is 19.6 Å². The quantitative estimate of drug-likeness (QED) is 0.587. The smallest absolute Gasteiger partial charge is 0.0558 e. The van der Waals surface area contributed by atoms with E-state index in [4.69, 9.17) is 5.11 Å². The summed E-state index contributed by atoms with van der Waals surface area (Å²) in [5, 5.41) is 12.1. The molecule has 1 fully saturated rings. The molecule has 66 valence electrons. The van der Waals surface area contributed by atoms with Crippen LogP contribution in [0.3, 0.4) is 0 Å². The average molecular weight is 158 g/mol. The minimum atomic E-state index is 0.286. The van der Waals surface area contributed by atoms with E-state index in [1.165, 1.54) is 0 Å². The normalized spacial score (nSPS) is 20.7. The molecule has 11 heavy (non-hydrogen) atoms. The summed E-state index contributed by atoms with van der Waals surface area (Å²) in [4.78, 5) is 2.25. The molecule has 1 heterocycles. The third-order valence-electron chi connectivity index (χ3n) is 1.94. The van der Waals surface area contributed by atoms with E-state index in [2.05, 4.69) is 24.1 Å². The molecule has 3 nitrogen and oxygen atoms in total. The van der Waals surface area contributed by atoms with Gasteiger partial charge in [-0.25, -0.2) is 0 Å². The summed E-state index contributed by atoms with van der Waals surface area (Å²) in [6.45, 7) is 7.63. The largest absolute Gasteiger partial charge is 0.395 e. The van der Waals surface area contributed by atoms with Gasteiger partial charge in [0.2, 0.25) is 0 Å². The van der Waals surface area contributed by atoms with Crippen LogP contribution in [0.1, 0.15) is 13.8 Å². The van der Waals surface area contributed by atoms with Crippen molar-refractivity contribution < 1.29 is 5.11 Å². The Hall–Kier alpha value is -0.120. The molecule has 0 aromatic rings. The van der Waals surface area contributed by atoms with Crippen molar-refractivity contribution in [1.29, 1.82) is 0 Å². The van der Waals surface area contributed by atoms with E-state index >= 15 is 0 Å². The molecule has 0 amide bonds. The van der Waals surface area contributed by atoms with E-state index in [-0.39, 0.29) is 6.61 Å². The first-order valence-electron chi connectivity index (χ1n) is 4.31. The minimum Gasteiger partial charge on any atom is -0.395 e. The van der Waals surface area contributed by atoms with Gasteiger partial charge in [-0.05, 0) is 0 Å². The Bertz CT molecular complexity index is 111. The molecule has 0 aromatic carbocycles. The van der Waals surface area contributed by atoms with E-state index in [9.17, 15) is 0 Å². The standard InChI is InChI=1S/C8H18N2O/c1-7(2)9-8-5-10(6-8)3-4-11/h7-9,11H,3-6H2,1-2H3. The summed E-state index contributed by atoms with van der Waals surface area (Å²) < 4.78 is 0. The molecule has 2 N–H and O–H groups in total. The lowest BCUT2D eigenvalue weighted by molar-refractivity contribution is 0.0958. The van der Waals surface area contributed by atoms with Gasteiger partial charge in [-0.15, -0.1) is 0 Å². The Morgan fingerprint density at radius 2 is 2.18 bits per heavy atom. The van der Waals surface area contributed by atoms with Crippen LogP contribution >= 0.6 is 0 Å². The molecular weight excluding hydrogens is 140 g/mol. The first-order valence-corrected chi connectivity index (χ1v) is 4.31. The second kappa shape index (κ2) is 4.04. The predicted molar refractivity (Wildman–Crippen MR) is 45.6 cm³/mol. The van der Waals surface area contributed by atoms with E-state index < -0.39 is 0 Å². The van der Waals surface area contributed by atoms with Crippen LogP contribution in [-0.4, -0.2) is 48.3 Å². The Morgan fingerprint density at radius 1 is 1.55 bits per heavy atom. The molecule has 0 atom stereocenters. The number of likely N-dealkylation sites (tertiary alicyclic amines) is 1. The maximum atomic E-state index is 8.61. The third-order valence-corrected chi connectivity index (χ3v) is 1.94. The number of hydrogen-bond acceptors (Lipinski definition) is 3. The summed E-state index contributed by atoms with van der Waals surface area (Å²) in [7, 11) is 0. The van der Waals surface area contributed by atoms with Gasteiger partial charge in [0.25, 0.3) is 0 Å². The molecule has 1 aliphatic rings. The molecule has 0 saturated carbocycles. The lowest BCUT2D eigenvalue weighted by Gasteiger charge is -2.40. The highest BCUT2D eigenvalue weighted by Crippen LogP contribution is 2.06. The molecular formula is C8H18N2O. The Labute approximate surface area is 68.4 Å². The van der Waals surface area contributed by atoms with Gasteiger partial charge in [-0.2, -0.15) is 0 Å².